The Morgan fingerprint density at radius 2 is 1.59 bits per heavy atom. The molecule has 1 unspecified atom stereocenters. The van der Waals surface area contributed by atoms with Crippen molar-refractivity contribution >= 4 is 95.7 Å². The molecule has 0 heterocycles. The number of ether oxygens (including phenoxy) is 1. The molecule has 0 radical (unpaired) electrons. The number of halogens is 2. The molecule has 0 saturated carbocycles. The standard InChI is InChI=1S/C20H21N3O13S4.H2I2P.3Na/c1-11-7-15(16(33-2)10-17(11)38(25,26)6-5-34-37-36-35-24)22-23-20-14-4-3-13(39(27,28)29)8-12(14)9-18(19(20)21)40(30,31)32;1-2-3;;;/h3-4,7-10,24H,5-6,21H2,1-2H3,(H,27,28,29)(H,30,31,32);3H2;;;/q;-1;3*+1/p-3. The van der Waals surface area contributed by atoms with Crippen molar-refractivity contribution in [2.24, 2.45) is 10.2 Å². The van der Waals surface area contributed by atoms with E-state index < -0.39 is 51.3 Å². The Morgan fingerprint density at radius 1 is 0.978 bits per heavy atom. The molecule has 240 valence electrons. The summed E-state index contributed by atoms with van der Waals surface area (Å²) in [7, 11) is -12.8. The Kier molecular flexibility index (Phi) is 24.8. The van der Waals surface area contributed by atoms with Gasteiger partial charge in [0.15, 0.2) is 22.2 Å². The summed E-state index contributed by atoms with van der Waals surface area (Å²) in [6, 6.07) is 6.22. The number of azo groups is 1. The first-order valence-corrected chi connectivity index (χ1v) is 26.4. The first-order valence-electron chi connectivity index (χ1n) is 10.8. The predicted octanol–water partition coefficient (Wildman–Crippen LogP) is -9.23. The van der Waals surface area contributed by atoms with E-state index >= 15 is 0 Å². The minimum absolute atomic E-state index is 0. The quantitative estimate of drug-likeness (QED) is 0.0169. The summed E-state index contributed by atoms with van der Waals surface area (Å²) in [5.74, 6) is -0.575. The fourth-order valence-corrected chi connectivity index (χ4v) is 6.30. The van der Waals surface area contributed by atoms with E-state index in [9.17, 15) is 39.6 Å². The molecule has 0 aliphatic rings. The number of nitrogens with zero attached hydrogens (tertiary/aromatic N) is 2. The van der Waals surface area contributed by atoms with Crippen LogP contribution in [0.5, 0.6) is 5.75 Å². The molecule has 1 atom stereocenters. The average Bonchev–Trinajstić information content (AvgIpc) is 2.91. The van der Waals surface area contributed by atoms with Crippen LogP contribution in [0.25, 0.3) is 10.8 Å². The summed E-state index contributed by atoms with van der Waals surface area (Å²) in [5, 5.41) is 20.7. The molecule has 0 saturated heterocycles. The van der Waals surface area contributed by atoms with Gasteiger partial charge in [-0.25, -0.2) is 25.3 Å². The van der Waals surface area contributed by atoms with Crippen molar-refractivity contribution in [1.82, 2.24) is 0 Å². The van der Waals surface area contributed by atoms with Gasteiger partial charge in [-0.05, 0) is 42.1 Å². The molecular formula is C20H20I2N3Na3O13PS4-. The van der Waals surface area contributed by atoms with Crippen molar-refractivity contribution in [3.05, 3.63) is 42.0 Å². The summed E-state index contributed by atoms with van der Waals surface area (Å²) in [4.78, 5) is -1.76. The molecule has 0 spiro atoms. The molecule has 3 rings (SSSR count). The van der Waals surface area contributed by atoms with E-state index in [-0.39, 0.29) is 146 Å². The summed E-state index contributed by atoms with van der Waals surface area (Å²) in [5.41, 5.74) is 5.17. The maximum atomic E-state index is 12.8. The normalized spacial score (nSPS) is 11.6. The van der Waals surface area contributed by atoms with Crippen LogP contribution >= 0.6 is 37.8 Å². The SMILES string of the molecule is COc1cc(S(=O)(=O)CCOSOO[O-])c(C)cc1N=Nc1c(N)c(S(=O)(=O)[O-])cc2cc(S(=O)(=O)[O-])ccc12.P[I-]I.[Na+].[Na+].[Na+]. The summed E-state index contributed by atoms with van der Waals surface area (Å²) >= 11 is 2.99. The van der Waals surface area contributed by atoms with Crippen LogP contribution in [0.1, 0.15) is 5.56 Å². The molecule has 26 heteroatoms. The number of hydrogen-bond acceptors (Lipinski definition) is 17. The summed E-state index contributed by atoms with van der Waals surface area (Å²) in [6.45, 7) is 3.77. The Balaban J connectivity index is 0. The number of aryl methyl sites for hydroxylation is 1. The van der Waals surface area contributed by atoms with Crippen LogP contribution in [-0.2, 0) is 43.6 Å². The molecule has 0 aliphatic carbocycles. The minimum atomic E-state index is -5.17. The number of nitrogen functional groups attached to an aromatic ring is 1. The summed E-state index contributed by atoms with van der Waals surface area (Å²) in [6.07, 6.45) is 0. The van der Waals surface area contributed by atoms with Gasteiger partial charge in [0.05, 0.1) is 39.8 Å². The smallest absolute Gasteiger partial charge is 1.00 e. The van der Waals surface area contributed by atoms with Crippen LogP contribution in [0.15, 0.2) is 61.3 Å². The van der Waals surface area contributed by atoms with Crippen LogP contribution in [0, 0.1) is 6.92 Å². The zero-order valence-corrected chi connectivity index (χ0v) is 39.4. The first kappa shape index (κ1) is 50.1. The van der Waals surface area contributed by atoms with Crippen LogP contribution in [0.2, 0.25) is 0 Å². The van der Waals surface area contributed by atoms with Gasteiger partial charge in [0, 0.05) is 11.5 Å². The molecule has 3 aromatic carbocycles. The van der Waals surface area contributed by atoms with E-state index in [0.717, 1.165) is 30.3 Å². The largest absolute Gasteiger partial charge is 1.00 e. The number of benzene rings is 3. The number of anilines is 1. The van der Waals surface area contributed by atoms with Gasteiger partial charge in [0.1, 0.15) is 37.4 Å². The Labute approximate surface area is 358 Å². The molecule has 46 heavy (non-hydrogen) atoms. The topological polar surface area (TPSA) is 259 Å². The minimum Gasteiger partial charge on any atom is 1.00 e. The van der Waals surface area contributed by atoms with Gasteiger partial charge in [-0.15, -0.1) is 14.6 Å². The molecule has 3 aromatic rings. The maximum absolute atomic E-state index is 12.8. The monoisotopic (exact) mass is 992 g/mol. The van der Waals surface area contributed by atoms with Crippen LogP contribution in [-0.4, -0.2) is 53.8 Å². The van der Waals surface area contributed by atoms with Gasteiger partial charge in [-0.1, -0.05) is 6.07 Å². The number of rotatable bonds is 12. The van der Waals surface area contributed by atoms with E-state index in [4.69, 9.17) is 14.7 Å². The van der Waals surface area contributed by atoms with Gasteiger partial charge < -0.3 is 24.8 Å². The van der Waals surface area contributed by atoms with Crippen LogP contribution < -0.4 is 121 Å². The van der Waals surface area contributed by atoms with Gasteiger partial charge in [-0.3, -0.25) is 9.22 Å². The van der Waals surface area contributed by atoms with Crippen molar-refractivity contribution in [2.75, 3.05) is 25.2 Å². The van der Waals surface area contributed by atoms with E-state index in [1.165, 1.54) is 20.1 Å². The molecule has 0 aromatic heterocycles. The predicted molar refractivity (Wildman–Crippen MR) is 158 cm³/mol. The Hall–Kier alpha value is 1.97. The van der Waals surface area contributed by atoms with Gasteiger partial charge in [0.2, 0.25) is 0 Å². The number of sulfone groups is 1. The van der Waals surface area contributed by atoms with Crippen molar-refractivity contribution in [3.63, 3.8) is 0 Å². The van der Waals surface area contributed by atoms with Gasteiger partial charge >= 0.3 is 131 Å². The molecule has 16 nitrogen and oxygen atoms in total. The molecule has 0 aliphatic heterocycles. The third-order valence-corrected chi connectivity index (χ3v) is 9.15. The fraction of sp³-hybridized carbons (Fsp3) is 0.200. The third-order valence-electron chi connectivity index (χ3n) is 5.25. The number of nitrogens with two attached hydrogens (primary N) is 1. The van der Waals surface area contributed by atoms with E-state index in [2.05, 4.69) is 45.1 Å². The first-order chi connectivity index (χ1) is 20.0. The van der Waals surface area contributed by atoms with Crippen molar-refractivity contribution < 1.29 is 163 Å². The molecule has 2 N–H and O–H groups in total. The van der Waals surface area contributed by atoms with E-state index in [1.54, 1.807) is 0 Å². The molecule has 0 fully saturated rings. The van der Waals surface area contributed by atoms with E-state index in [0.29, 0.717) is 16.7 Å². The number of fused-ring (bicyclic) bond motifs is 1. The molecule has 0 amide bonds. The van der Waals surface area contributed by atoms with Gasteiger partial charge in [-0.2, -0.15) is 0 Å². The van der Waals surface area contributed by atoms with Crippen LogP contribution in [0.4, 0.5) is 17.1 Å². The molecule has 0 bridgehead atoms. The number of hydrogen-bond donors (Lipinski definition) is 1. The van der Waals surface area contributed by atoms with Gasteiger partial charge in [0.25, 0.3) is 0 Å². The second-order valence-corrected chi connectivity index (χ2v) is 24.2. The zero-order chi connectivity index (χ0) is 32.6. The van der Waals surface area contributed by atoms with Crippen molar-refractivity contribution in [3.8, 4) is 5.75 Å². The maximum Gasteiger partial charge on any atom is 1.00 e. The Bertz CT molecular complexity index is 1840. The van der Waals surface area contributed by atoms with Crippen molar-refractivity contribution in [1.29, 1.82) is 0 Å². The van der Waals surface area contributed by atoms with Crippen LogP contribution in [0.3, 0.4) is 0 Å². The molecular weight excluding hydrogens is 972 g/mol. The van der Waals surface area contributed by atoms with Crippen molar-refractivity contribution in [2.45, 2.75) is 21.6 Å². The second-order valence-electron chi connectivity index (χ2n) is 7.85. The number of methoxy groups -OCH3 is 1. The summed E-state index contributed by atoms with van der Waals surface area (Å²) < 4.78 is 109. The van der Waals surface area contributed by atoms with E-state index in [1.807, 2.05) is 0 Å². The fourth-order valence-electron chi connectivity index (χ4n) is 3.48. The zero-order valence-electron chi connectivity index (χ0n) is 24.6. The Morgan fingerprint density at radius 3 is 2.11 bits per heavy atom. The third kappa shape index (κ3) is 14.5. The second kappa shape index (κ2) is 22.8. The average molecular weight is 992 g/mol.